The van der Waals surface area contributed by atoms with Gasteiger partial charge in [-0.15, -0.1) is 0 Å². The molecule has 94 valence electrons. The van der Waals surface area contributed by atoms with Crippen molar-refractivity contribution < 1.29 is 9.53 Å². The van der Waals surface area contributed by atoms with E-state index in [0.717, 1.165) is 12.8 Å². The summed E-state index contributed by atoms with van der Waals surface area (Å²) in [6.07, 6.45) is 2.60. The van der Waals surface area contributed by atoms with Crippen LogP contribution in [-0.4, -0.2) is 22.5 Å². The van der Waals surface area contributed by atoms with Gasteiger partial charge in [0.05, 0.1) is 6.61 Å². The minimum absolute atomic E-state index is 0.127. The van der Waals surface area contributed by atoms with E-state index in [-0.39, 0.29) is 17.9 Å². The highest BCUT2D eigenvalue weighted by Crippen LogP contribution is 2.04. The van der Waals surface area contributed by atoms with Crippen LogP contribution in [0, 0.1) is 6.92 Å². The summed E-state index contributed by atoms with van der Waals surface area (Å²) >= 11 is 0. The zero-order valence-electron chi connectivity index (χ0n) is 10.5. The van der Waals surface area contributed by atoms with E-state index in [0.29, 0.717) is 17.8 Å². The highest BCUT2D eigenvalue weighted by molar-refractivity contribution is 5.88. The molecular formula is C12H18N2O3. The Labute approximate surface area is 100 Å². The van der Waals surface area contributed by atoms with Gasteiger partial charge in [0.1, 0.15) is 5.82 Å². The van der Waals surface area contributed by atoms with Crippen LogP contribution >= 0.6 is 0 Å². The van der Waals surface area contributed by atoms with E-state index < -0.39 is 5.97 Å². The Morgan fingerprint density at radius 3 is 2.71 bits per heavy atom. The molecule has 0 bridgehead atoms. The van der Waals surface area contributed by atoms with Gasteiger partial charge < -0.3 is 9.72 Å². The summed E-state index contributed by atoms with van der Waals surface area (Å²) in [6, 6.07) is 0. The molecule has 0 unspecified atom stereocenters. The Balaban J connectivity index is 3.06. The number of ether oxygens (including phenoxy) is 1. The van der Waals surface area contributed by atoms with Gasteiger partial charge in [0, 0.05) is 12.0 Å². The molecule has 0 aliphatic carbocycles. The first-order chi connectivity index (χ1) is 8.10. The SMILES string of the molecule is CCCCc1nc(C(=O)OCC)c(C)c(=O)[nH]1. The number of aromatic nitrogens is 2. The molecule has 1 aromatic heterocycles. The van der Waals surface area contributed by atoms with Crippen LogP contribution in [0.15, 0.2) is 4.79 Å². The van der Waals surface area contributed by atoms with Gasteiger partial charge >= 0.3 is 5.97 Å². The van der Waals surface area contributed by atoms with E-state index in [4.69, 9.17) is 4.74 Å². The average Bonchev–Trinajstić information content (AvgIpc) is 2.30. The number of carbonyl (C=O) groups excluding carboxylic acids is 1. The van der Waals surface area contributed by atoms with Crippen LogP contribution in [0.1, 0.15) is 48.6 Å². The second-order valence-electron chi connectivity index (χ2n) is 3.81. The largest absolute Gasteiger partial charge is 0.461 e. The lowest BCUT2D eigenvalue weighted by Crippen LogP contribution is -2.22. The van der Waals surface area contributed by atoms with Crippen molar-refractivity contribution >= 4 is 5.97 Å². The van der Waals surface area contributed by atoms with E-state index >= 15 is 0 Å². The molecule has 0 fully saturated rings. The van der Waals surface area contributed by atoms with E-state index in [1.54, 1.807) is 13.8 Å². The molecule has 1 heterocycles. The zero-order chi connectivity index (χ0) is 12.8. The van der Waals surface area contributed by atoms with Crippen molar-refractivity contribution in [3.05, 3.63) is 27.4 Å². The summed E-state index contributed by atoms with van der Waals surface area (Å²) in [5.74, 6) is 0.0133. The predicted molar refractivity (Wildman–Crippen MR) is 64.2 cm³/mol. The summed E-state index contributed by atoms with van der Waals surface area (Å²) in [4.78, 5) is 30.1. The fourth-order valence-corrected chi connectivity index (χ4v) is 1.44. The smallest absolute Gasteiger partial charge is 0.357 e. The fraction of sp³-hybridized carbons (Fsp3) is 0.583. The number of nitrogens with one attached hydrogen (secondary N) is 1. The van der Waals surface area contributed by atoms with Crippen molar-refractivity contribution in [2.24, 2.45) is 0 Å². The topological polar surface area (TPSA) is 72.0 Å². The van der Waals surface area contributed by atoms with Gasteiger partial charge in [0.25, 0.3) is 5.56 Å². The minimum Gasteiger partial charge on any atom is -0.461 e. The normalized spacial score (nSPS) is 10.3. The van der Waals surface area contributed by atoms with E-state index in [9.17, 15) is 9.59 Å². The molecule has 1 aromatic rings. The number of rotatable bonds is 5. The maximum absolute atomic E-state index is 11.6. The van der Waals surface area contributed by atoms with E-state index in [2.05, 4.69) is 16.9 Å². The molecule has 0 saturated carbocycles. The number of esters is 1. The quantitative estimate of drug-likeness (QED) is 0.791. The summed E-state index contributed by atoms with van der Waals surface area (Å²) in [5.41, 5.74) is 0.166. The van der Waals surface area contributed by atoms with Gasteiger partial charge in [0.15, 0.2) is 5.69 Å². The Kier molecular flexibility index (Phi) is 4.87. The lowest BCUT2D eigenvalue weighted by Gasteiger charge is -2.06. The summed E-state index contributed by atoms with van der Waals surface area (Å²) in [5, 5.41) is 0. The highest BCUT2D eigenvalue weighted by atomic mass is 16.5. The van der Waals surface area contributed by atoms with Gasteiger partial charge in [-0.25, -0.2) is 9.78 Å². The third-order valence-electron chi connectivity index (χ3n) is 2.44. The molecule has 1 N–H and O–H groups in total. The van der Waals surface area contributed by atoms with Crippen molar-refractivity contribution in [2.45, 2.75) is 40.0 Å². The minimum atomic E-state index is -0.533. The molecular weight excluding hydrogens is 220 g/mol. The second kappa shape index (κ2) is 6.18. The van der Waals surface area contributed by atoms with Gasteiger partial charge in [-0.1, -0.05) is 13.3 Å². The van der Waals surface area contributed by atoms with E-state index in [1.165, 1.54) is 0 Å². The first kappa shape index (κ1) is 13.4. The lowest BCUT2D eigenvalue weighted by molar-refractivity contribution is 0.0517. The van der Waals surface area contributed by atoms with Crippen molar-refractivity contribution in [1.29, 1.82) is 0 Å². The number of carbonyl (C=O) groups is 1. The first-order valence-corrected chi connectivity index (χ1v) is 5.87. The molecule has 0 radical (unpaired) electrons. The molecule has 0 aromatic carbocycles. The Morgan fingerprint density at radius 2 is 2.12 bits per heavy atom. The molecule has 0 aliphatic heterocycles. The van der Waals surface area contributed by atoms with Gasteiger partial charge in [-0.05, 0) is 20.3 Å². The standard InChI is InChI=1S/C12H18N2O3/c1-4-6-7-9-13-10(12(16)17-5-2)8(3)11(15)14-9/h4-7H2,1-3H3,(H,13,14,15). The highest BCUT2D eigenvalue weighted by Gasteiger charge is 2.15. The lowest BCUT2D eigenvalue weighted by atomic mass is 10.2. The predicted octanol–water partition coefficient (Wildman–Crippen LogP) is 1.60. The number of H-pyrrole nitrogens is 1. The monoisotopic (exact) mass is 238 g/mol. The zero-order valence-corrected chi connectivity index (χ0v) is 10.5. The summed E-state index contributed by atoms with van der Waals surface area (Å²) in [7, 11) is 0. The second-order valence-corrected chi connectivity index (χ2v) is 3.81. The molecule has 5 nitrogen and oxygen atoms in total. The van der Waals surface area contributed by atoms with Crippen LogP contribution in [0.2, 0.25) is 0 Å². The number of hydrogen-bond donors (Lipinski definition) is 1. The molecule has 0 saturated heterocycles. The van der Waals surface area contributed by atoms with Crippen LogP contribution in [0.3, 0.4) is 0 Å². The number of nitrogens with zero attached hydrogens (tertiary/aromatic N) is 1. The van der Waals surface area contributed by atoms with Crippen molar-refractivity contribution in [3.63, 3.8) is 0 Å². The third kappa shape index (κ3) is 3.41. The van der Waals surface area contributed by atoms with Gasteiger partial charge in [0.2, 0.25) is 0 Å². The van der Waals surface area contributed by atoms with E-state index in [1.807, 2.05) is 0 Å². The summed E-state index contributed by atoms with van der Waals surface area (Å²) < 4.78 is 4.87. The van der Waals surface area contributed by atoms with Crippen LogP contribution in [-0.2, 0) is 11.2 Å². The number of hydrogen-bond acceptors (Lipinski definition) is 4. The molecule has 0 atom stereocenters. The maximum atomic E-state index is 11.6. The molecule has 1 rings (SSSR count). The number of aryl methyl sites for hydroxylation is 1. The van der Waals surface area contributed by atoms with Crippen LogP contribution < -0.4 is 5.56 Å². The maximum Gasteiger partial charge on any atom is 0.357 e. The van der Waals surface area contributed by atoms with Crippen LogP contribution in [0.5, 0.6) is 0 Å². The Bertz CT molecular complexity index is 452. The number of aromatic amines is 1. The number of unbranched alkanes of at least 4 members (excludes halogenated alkanes) is 1. The van der Waals surface area contributed by atoms with Gasteiger partial charge in [-0.2, -0.15) is 0 Å². The van der Waals surface area contributed by atoms with Gasteiger partial charge in [-0.3, -0.25) is 4.79 Å². The molecule has 0 spiro atoms. The molecule has 17 heavy (non-hydrogen) atoms. The average molecular weight is 238 g/mol. The molecule has 0 amide bonds. The first-order valence-electron chi connectivity index (χ1n) is 5.87. The van der Waals surface area contributed by atoms with Crippen LogP contribution in [0.4, 0.5) is 0 Å². The molecule has 5 heteroatoms. The Hall–Kier alpha value is -1.65. The fourth-order valence-electron chi connectivity index (χ4n) is 1.44. The Morgan fingerprint density at radius 1 is 1.41 bits per heavy atom. The summed E-state index contributed by atoms with van der Waals surface area (Å²) in [6.45, 7) is 5.62. The van der Waals surface area contributed by atoms with Crippen LogP contribution in [0.25, 0.3) is 0 Å². The van der Waals surface area contributed by atoms with Crippen molar-refractivity contribution in [1.82, 2.24) is 9.97 Å². The third-order valence-corrected chi connectivity index (χ3v) is 2.44. The van der Waals surface area contributed by atoms with Crippen molar-refractivity contribution in [3.8, 4) is 0 Å². The molecule has 0 aliphatic rings. The van der Waals surface area contributed by atoms with Crippen molar-refractivity contribution in [2.75, 3.05) is 6.61 Å².